The molecule has 1 aliphatic heterocycles. The largest absolute Gasteiger partial charge is 0.450 e. The van der Waals surface area contributed by atoms with Gasteiger partial charge in [0, 0.05) is 43.9 Å². The van der Waals surface area contributed by atoms with Gasteiger partial charge >= 0.3 is 6.09 Å². The highest BCUT2D eigenvalue weighted by atomic mass is 16.6. The standard InChI is InChI=1S/C17H25N3O4/c1-3-24-17(23)19-10-7-14(8-11-19)18-15(21)9-12-20-13(2)5-4-6-16(20)22/h4-6,14H,3,7-12H2,1-2H3,(H,18,21). The van der Waals surface area contributed by atoms with E-state index >= 15 is 0 Å². The summed E-state index contributed by atoms with van der Waals surface area (Å²) < 4.78 is 6.58. The summed E-state index contributed by atoms with van der Waals surface area (Å²) in [5.41, 5.74) is 0.753. The smallest absolute Gasteiger partial charge is 0.409 e. The van der Waals surface area contributed by atoms with Crippen LogP contribution in [0.3, 0.4) is 0 Å². The highest BCUT2D eigenvalue weighted by Gasteiger charge is 2.24. The zero-order chi connectivity index (χ0) is 17.5. The number of aryl methyl sites for hydroxylation is 1. The summed E-state index contributed by atoms with van der Waals surface area (Å²) in [6.45, 7) is 5.55. The Morgan fingerprint density at radius 3 is 2.62 bits per heavy atom. The summed E-state index contributed by atoms with van der Waals surface area (Å²) in [5, 5.41) is 2.99. The molecule has 1 aromatic heterocycles. The van der Waals surface area contributed by atoms with E-state index in [2.05, 4.69) is 5.32 Å². The average Bonchev–Trinajstić information content (AvgIpc) is 2.55. The zero-order valence-electron chi connectivity index (χ0n) is 14.3. The Morgan fingerprint density at radius 1 is 1.29 bits per heavy atom. The molecule has 0 spiro atoms. The normalized spacial score (nSPS) is 15.2. The summed E-state index contributed by atoms with van der Waals surface area (Å²) in [7, 11) is 0. The van der Waals surface area contributed by atoms with Crippen LogP contribution in [0, 0.1) is 6.92 Å². The first-order valence-electron chi connectivity index (χ1n) is 8.38. The summed E-state index contributed by atoms with van der Waals surface area (Å²) in [5.74, 6) is -0.0697. The van der Waals surface area contributed by atoms with Crippen LogP contribution in [-0.4, -0.2) is 47.2 Å². The van der Waals surface area contributed by atoms with Crippen molar-refractivity contribution in [2.45, 2.75) is 45.7 Å². The van der Waals surface area contributed by atoms with Gasteiger partial charge in [0.1, 0.15) is 0 Å². The minimum absolute atomic E-state index is 0.0665. The first-order valence-corrected chi connectivity index (χ1v) is 8.38. The minimum Gasteiger partial charge on any atom is -0.450 e. The van der Waals surface area contributed by atoms with E-state index in [1.807, 2.05) is 13.0 Å². The van der Waals surface area contributed by atoms with Crippen LogP contribution < -0.4 is 10.9 Å². The molecule has 1 aromatic rings. The van der Waals surface area contributed by atoms with Gasteiger partial charge in [-0.3, -0.25) is 9.59 Å². The lowest BCUT2D eigenvalue weighted by molar-refractivity contribution is -0.122. The molecular weight excluding hydrogens is 310 g/mol. The maximum Gasteiger partial charge on any atom is 0.409 e. The van der Waals surface area contributed by atoms with Crippen molar-refractivity contribution in [1.82, 2.24) is 14.8 Å². The Kier molecular flexibility index (Phi) is 6.40. The Morgan fingerprint density at radius 2 is 2.00 bits per heavy atom. The Balaban J connectivity index is 1.76. The van der Waals surface area contributed by atoms with Crippen LogP contribution in [0.4, 0.5) is 4.79 Å². The van der Waals surface area contributed by atoms with Gasteiger partial charge in [-0.25, -0.2) is 4.79 Å². The van der Waals surface area contributed by atoms with Crippen LogP contribution in [0.5, 0.6) is 0 Å². The first kappa shape index (κ1) is 18.0. The molecule has 132 valence electrons. The van der Waals surface area contributed by atoms with E-state index in [0.717, 1.165) is 18.5 Å². The van der Waals surface area contributed by atoms with Gasteiger partial charge in [0.05, 0.1) is 6.61 Å². The van der Waals surface area contributed by atoms with Gasteiger partial charge in [-0.1, -0.05) is 6.07 Å². The fraction of sp³-hybridized carbons (Fsp3) is 0.588. The summed E-state index contributed by atoms with van der Waals surface area (Å²) in [6, 6.07) is 5.13. The molecule has 0 unspecified atom stereocenters. The van der Waals surface area contributed by atoms with Gasteiger partial charge in [-0.2, -0.15) is 0 Å². The number of piperidine rings is 1. The number of aromatic nitrogens is 1. The number of pyridine rings is 1. The minimum atomic E-state index is -0.291. The fourth-order valence-corrected chi connectivity index (χ4v) is 2.84. The number of hydrogen-bond acceptors (Lipinski definition) is 4. The van der Waals surface area contributed by atoms with Crippen molar-refractivity contribution in [1.29, 1.82) is 0 Å². The van der Waals surface area contributed by atoms with Crippen LogP contribution in [0.25, 0.3) is 0 Å². The monoisotopic (exact) mass is 335 g/mol. The van der Waals surface area contributed by atoms with Crippen molar-refractivity contribution < 1.29 is 14.3 Å². The molecule has 0 aromatic carbocycles. The molecule has 24 heavy (non-hydrogen) atoms. The van der Waals surface area contributed by atoms with E-state index in [1.165, 1.54) is 6.07 Å². The van der Waals surface area contributed by atoms with Crippen molar-refractivity contribution in [3.05, 3.63) is 34.2 Å². The van der Waals surface area contributed by atoms with Crippen molar-refractivity contribution in [2.75, 3.05) is 19.7 Å². The summed E-state index contributed by atoms with van der Waals surface area (Å²) in [6.07, 6.45) is 1.41. The molecule has 1 N–H and O–H groups in total. The molecule has 2 heterocycles. The van der Waals surface area contributed by atoms with Crippen molar-refractivity contribution >= 4 is 12.0 Å². The molecule has 7 heteroatoms. The molecule has 2 amide bonds. The Hall–Kier alpha value is -2.31. The van der Waals surface area contributed by atoms with Gasteiger partial charge < -0.3 is 19.5 Å². The Labute approximate surface area is 141 Å². The maximum atomic E-state index is 12.1. The average molecular weight is 335 g/mol. The van der Waals surface area contributed by atoms with Gasteiger partial charge in [0.25, 0.3) is 5.56 Å². The first-order chi connectivity index (χ1) is 11.5. The van der Waals surface area contributed by atoms with E-state index in [0.29, 0.717) is 26.2 Å². The van der Waals surface area contributed by atoms with Crippen molar-refractivity contribution in [2.24, 2.45) is 0 Å². The molecule has 0 radical (unpaired) electrons. The molecule has 7 nitrogen and oxygen atoms in total. The number of amides is 2. The van der Waals surface area contributed by atoms with Crippen molar-refractivity contribution in [3.8, 4) is 0 Å². The van der Waals surface area contributed by atoms with Crippen LogP contribution in [0.15, 0.2) is 23.0 Å². The Bertz CT molecular complexity index is 633. The van der Waals surface area contributed by atoms with Crippen LogP contribution in [0.2, 0.25) is 0 Å². The number of nitrogens with one attached hydrogen (secondary N) is 1. The lowest BCUT2D eigenvalue weighted by Crippen LogP contribution is -2.46. The molecule has 1 fully saturated rings. The third-order valence-corrected chi connectivity index (χ3v) is 4.22. The molecule has 0 atom stereocenters. The summed E-state index contributed by atoms with van der Waals surface area (Å²) >= 11 is 0. The van der Waals surface area contributed by atoms with E-state index in [9.17, 15) is 14.4 Å². The number of hydrogen-bond donors (Lipinski definition) is 1. The lowest BCUT2D eigenvalue weighted by atomic mass is 10.1. The molecule has 2 rings (SSSR count). The highest BCUT2D eigenvalue weighted by Crippen LogP contribution is 2.11. The van der Waals surface area contributed by atoms with Crippen molar-refractivity contribution in [3.63, 3.8) is 0 Å². The third-order valence-electron chi connectivity index (χ3n) is 4.22. The van der Waals surface area contributed by atoms with E-state index < -0.39 is 0 Å². The second-order valence-corrected chi connectivity index (χ2v) is 5.93. The molecular formula is C17H25N3O4. The number of likely N-dealkylation sites (tertiary alicyclic amines) is 1. The predicted molar refractivity (Wildman–Crippen MR) is 89.8 cm³/mol. The fourth-order valence-electron chi connectivity index (χ4n) is 2.84. The third kappa shape index (κ3) is 4.84. The number of nitrogens with zero attached hydrogens (tertiary/aromatic N) is 2. The molecule has 0 aliphatic carbocycles. The predicted octanol–water partition coefficient (Wildman–Crippen LogP) is 1.28. The maximum absolute atomic E-state index is 12.1. The SMILES string of the molecule is CCOC(=O)N1CCC(NC(=O)CCn2c(C)cccc2=O)CC1. The quantitative estimate of drug-likeness (QED) is 0.879. The van der Waals surface area contributed by atoms with E-state index in [4.69, 9.17) is 4.74 Å². The molecule has 0 saturated carbocycles. The van der Waals surface area contributed by atoms with Gasteiger partial charge in [-0.05, 0) is 32.8 Å². The summed E-state index contributed by atoms with van der Waals surface area (Å²) in [4.78, 5) is 37.2. The van der Waals surface area contributed by atoms with Gasteiger partial charge in [-0.15, -0.1) is 0 Å². The van der Waals surface area contributed by atoms with Gasteiger partial charge in [0.15, 0.2) is 0 Å². The second kappa shape index (κ2) is 8.52. The van der Waals surface area contributed by atoms with Gasteiger partial charge in [0.2, 0.25) is 5.91 Å². The number of carbonyl (C=O) groups is 2. The molecule has 1 aliphatic rings. The molecule has 1 saturated heterocycles. The topological polar surface area (TPSA) is 80.6 Å². The van der Waals surface area contributed by atoms with E-state index in [1.54, 1.807) is 22.5 Å². The number of carbonyl (C=O) groups excluding carboxylic acids is 2. The second-order valence-electron chi connectivity index (χ2n) is 5.93. The zero-order valence-corrected chi connectivity index (χ0v) is 14.3. The lowest BCUT2D eigenvalue weighted by Gasteiger charge is -2.31. The molecule has 0 bridgehead atoms. The van der Waals surface area contributed by atoms with Crippen LogP contribution in [-0.2, 0) is 16.1 Å². The number of rotatable bonds is 5. The van der Waals surface area contributed by atoms with Crippen LogP contribution >= 0.6 is 0 Å². The highest BCUT2D eigenvalue weighted by molar-refractivity contribution is 5.76. The number of ether oxygens (including phenoxy) is 1. The van der Waals surface area contributed by atoms with E-state index in [-0.39, 0.29) is 30.0 Å². The van der Waals surface area contributed by atoms with Crippen LogP contribution in [0.1, 0.15) is 31.9 Å².